The molecular weight excluding hydrogens is 244 g/mol. The van der Waals surface area contributed by atoms with Crippen LogP contribution in [0.15, 0.2) is 0 Å². The average Bonchev–Trinajstić information content (AvgIpc) is 2.16. The van der Waals surface area contributed by atoms with Gasteiger partial charge in [0.1, 0.15) is 0 Å². The molecule has 0 aromatic carbocycles. The van der Waals surface area contributed by atoms with E-state index >= 15 is 0 Å². The van der Waals surface area contributed by atoms with Crippen molar-refractivity contribution in [3.63, 3.8) is 0 Å². The molecule has 3 N–H and O–H groups in total. The predicted molar refractivity (Wildman–Crippen MR) is 54.9 cm³/mol. The van der Waals surface area contributed by atoms with E-state index in [1.807, 2.05) is 0 Å². The van der Waals surface area contributed by atoms with Crippen molar-refractivity contribution in [2.45, 2.75) is 12.2 Å². The fraction of sp³-hybridized carbons (Fsp3) is 0.857. The Morgan fingerprint density at radius 3 is 2.44 bits per heavy atom. The maximum absolute atomic E-state index is 12.3. The summed E-state index contributed by atoms with van der Waals surface area (Å²) in [5.74, 6) is -3.73. The third-order valence-electron chi connectivity index (χ3n) is 1.76. The summed E-state index contributed by atoms with van der Waals surface area (Å²) < 4.78 is 52.0. The fourth-order valence-electron chi connectivity index (χ4n) is 0.917. The molecule has 16 heavy (non-hydrogen) atoms. The number of halogens is 2. The van der Waals surface area contributed by atoms with Gasteiger partial charge >= 0.3 is 5.76 Å². The number of rotatable bonds is 8. The Bertz CT molecular complexity index is 321. The second-order valence-electron chi connectivity index (χ2n) is 2.97. The number of methoxy groups -OCH3 is 1. The summed E-state index contributed by atoms with van der Waals surface area (Å²) in [6.07, 6.45) is -0.0876. The highest BCUT2D eigenvalue weighted by molar-refractivity contribution is 7.89. The van der Waals surface area contributed by atoms with Crippen LogP contribution in [0, 0.1) is 5.41 Å². The molecule has 0 amide bonds. The lowest BCUT2D eigenvalue weighted by Gasteiger charge is -2.20. The minimum absolute atomic E-state index is 0.00382. The first kappa shape index (κ1) is 15.2. The molecule has 0 radical (unpaired) electrons. The van der Waals surface area contributed by atoms with E-state index in [-0.39, 0.29) is 32.0 Å². The molecule has 0 aliphatic rings. The van der Waals surface area contributed by atoms with Crippen molar-refractivity contribution in [3.05, 3.63) is 0 Å². The normalized spacial score (nSPS) is 12.3. The molecule has 0 saturated heterocycles. The molecule has 96 valence electrons. The van der Waals surface area contributed by atoms with Gasteiger partial charge in [-0.3, -0.25) is 5.41 Å². The Balaban J connectivity index is 4.59. The van der Waals surface area contributed by atoms with Crippen LogP contribution in [-0.4, -0.2) is 51.1 Å². The summed E-state index contributed by atoms with van der Waals surface area (Å²) in [6.45, 7) is -0.425. The average molecular weight is 259 g/mol. The van der Waals surface area contributed by atoms with Crippen molar-refractivity contribution in [2.24, 2.45) is 5.73 Å². The second kappa shape index (κ2) is 6.71. The molecule has 0 aliphatic heterocycles. The monoisotopic (exact) mass is 259 g/mol. The van der Waals surface area contributed by atoms with Crippen LogP contribution >= 0.6 is 0 Å². The third kappa shape index (κ3) is 4.81. The lowest BCUT2D eigenvalue weighted by atomic mass is 10.4. The highest BCUT2D eigenvalue weighted by Crippen LogP contribution is 2.12. The molecule has 0 saturated carbocycles. The number of nitrogens with zero attached hydrogens (tertiary/aromatic N) is 1. The third-order valence-corrected chi connectivity index (χ3v) is 3.30. The Labute approximate surface area is 92.9 Å². The van der Waals surface area contributed by atoms with Crippen LogP contribution in [0.4, 0.5) is 8.78 Å². The van der Waals surface area contributed by atoms with Crippen molar-refractivity contribution in [1.82, 2.24) is 4.31 Å². The lowest BCUT2D eigenvalue weighted by Crippen LogP contribution is -2.39. The largest absolute Gasteiger partial charge is 0.388 e. The molecule has 9 heteroatoms. The zero-order valence-corrected chi connectivity index (χ0v) is 9.64. The van der Waals surface area contributed by atoms with Crippen LogP contribution in [0.5, 0.6) is 0 Å². The molecule has 0 aromatic rings. The van der Waals surface area contributed by atoms with Gasteiger partial charge in [-0.05, 0) is 0 Å². The number of alkyl halides is 2. The Kier molecular flexibility index (Phi) is 6.38. The van der Waals surface area contributed by atoms with E-state index in [1.54, 1.807) is 0 Å². The van der Waals surface area contributed by atoms with Crippen LogP contribution < -0.4 is 5.73 Å². The molecule has 0 fully saturated rings. The first-order valence-electron chi connectivity index (χ1n) is 4.41. The minimum Gasteiger partial charge on any atom is -0.388 e. The Morgan fingerprint density at radius 1 is 1.50 bits per heavy atom. The number of sulfonamides is 1. The van der Waals surface area contributed by atoms with E-state index in [0.717, 1.165) is 0 Å². The number of nitrogens with one attached hydrogen (secondary N) is 1. The zero-order chi connectivity index (χ0) is 12.8. The molecule has 0 rings (SSSR count). The molecule has 0 atom stereocenters. The van der Waals surface area contributed by atoms with Gasteiger partial charge in [-0.15, -0.1) is 0 Å². The van der Waals surface area contributed by atoms with Crippen molar-refractivity contribution in [2.75, 3.05) is 26.8 Å². The highest BCUT2D eigenvalue weighted by Gasteiger charge is 2.31. The predicted octanol–water partition coefficient (Wildman–Crippen LogP) is -0.187. The lowest BCUT2D eigenvalue weighted by molar-refractivity contribution is 0.170. The van der Waals surface area contributed by atoms with Crippen LogP contribution in [0.2, 0.25) is 0 Å². The number of nitrogens with two attached hydrogens (primary N) is 1. The molecule has 0 bridgehead atoms. The summed E-state index contributed by atoms with van der Waals surface area (Å²) in [6, 6.07) is 0. The Hall–Kier alpha value is -0.800. The van der Waals surface area contributed by atoms with Crippen molar-refractivity contribution in [3.8, 4) is 0 Å². The number of ether oxygens (including phenoxy) is 1. The first-order chi connectivity index (χ1) is 7.32. The standard InChI is InChI=1S/C7H15F2N3O3S/c1-15-5-4-12(3-2-6(10)11)16(13,14)7(8)9/h7H,2-5H2,1H3,(H3,10,11). The van der Waals surface area contributed by atoms with Gasteiger partial charge in [0.05, 0.1) is 12.4 Å². The van der Waals surface area contributed by atoms with Crippen LogP contribution in [0.25, 0.3) is 0 Å². The van der Waals surface area contributed by atoms with Gasteiger partial charge in [0.25, 0.3) is 10.0 Å². The topological polar surface area (TPSA) is 96.5 Å². The smallest absolute Gasteiger partial charge is 0.350 e. The van der Waals surface area contributed by atoms with E-state index in [1.165, 1.54) is 7.11 Å². The molecule has 0 spiro atoms. The van der Waals surface area contributed by atoms with Gasteiger partial charge in [-0.2, -0.15) is 13.1 Å². The molecule has 0 unspecified atom stereocenters. The van der Waals surface area contributed by atoms with Gasteiger partial charge in [-0.1, -0.05) is 0 Å². The molecule has 0 aromatic heterocycles. The van der Waals surface area contributed by atoms with E-state index in [9.17, 15) is 17.2 Å². The van der Waals surface area contributed by atoms with Gasteiger partial charge in [-0.25, -0.2) is 8.42 Å². The van der Waals surface area contributed by atoms with E-state index in [0.29, 0.717) is 4.31 Å². The minimum atomic E-state index is -4.64. The zero-order valence-electron chi connectivity index (χ0n) is 8.82. The summed E-state index contributed by atoms with van der Waals surface area (Å²) in [4.78, 5) is 0. The van der Waals surface area contributed by atoms with Gasteiger partial charge in [0.2, 0.25) is 0 Å². The van der Waals surface area contributed by atoms with Crippen LogP contribution in [0.1, 0.15) is 6.42 Å². The second-order valence-corrected chi connectivity index (χ2v) is 4.88. The van der Waals surface area contributed by atoms with E-state index < -0.39 is 15.8 Å². The maximum atomic E-state index is 12.3. The van der Waals surface area contributed by atoms with Crippen LogP contribution in [0.3, 0.4) is 0 Å². The number of hydrogen-bond acceptors (Lipinski definition) is 4. The van der Waals surface area contributed by atoms with Crippen molar-refractivity contribution in [1.29, 1.82) is 5.41 Å². The van der Waals surface area contributed by atoms with E-state index in [2.05, 4.69) is 4.74 Å². The maximum Gasteiger partial charge on any atom is 0.350 e. The molecule has 0 heterocycles. The fourth-order valence-corrected chi connectivity index (χ4v) is 1.82. The van der Waals surface area contributed by atoms with Crippen molar-refractivity contribution >= 4 is 15.9 Å². The van der Waals surface area contributed by atoms with Gasteiger partial charge < -0.3 is 10.5 Å². The summed E-state index contributed by atoms with van der Waals surface area (Å²) in [5, 5.41) is 6.91. The number of hydrogen-bond donors (Lipinski definition) is 2. The van der Waals surface area contributed by atoms with Gasteiger partial charge in [0.15, 0.2) is 0 Å². The summed E-state index contributed by atoms with van der Waals surface area (Å²) in [5.41, 5.74) is 5.03. The van der Waals surface area contributed by atoms with Crippen molar-refractivity contribution < 1.29 is 21.9 Å². The molecular formula is C7H15F2N3O3S. The van der Waals surface area contributed by atoms with Gasteiger partial charge in [0, 0.05) is 26.6 Å². The highest BCUT2D eigenvalue weighted by atomic mass is 32.2. The number of amidine groups is 1. The molecule has 0 aliphatic carbocycles. The first-order valence-corrected chi connectivity index (χ1v) is 5.91. The van der Waals surface area contributed by atoms with E-state index in [4.69, 9.17) is 11.1 Å². The SMILES string of the molecule is COCCN(CCC(=N)N)S(=O)(=O)C(F)F. The Morgan fingerprint density at radius 2 is 2.06 bits per heavy atom. The quantitative estimate of drug-likeness (QED) is 0.466. The summed E-state index contributed by atoms with van der Waals surface area (Å²) in [7, 11) is -3.31. The van der Waals surface area contributed by atoms with Crippen LogP contribution in [-0.2, 0) is 14.8 Å². The molecule has 6 nitrogen and oxygen atoms in total. The summed E-state index contributed by atoms with van der Waals surface area (Å²) >= 11 is 0.